The molecule has 1 fully saturated rings. The van der Waals surface area contributed by atoms with E-state index in [4.69, 9.17) is 14.6 Å². The monoisotopic (exact) mass is 227 g/mol. The van der Waals surface area contributed by atoms with Crippen molar-refractivity contribution >= 4 is 11.9 Å². The lowest BCUT2D eigenvalue weighted by molar-refractivity contribution is -0.145. The topological polar surface area (TPSA) is 76.1 Å². The molecule has 2 rings (SSSR count). The van der Waals surface area contributed by atoms with Crippen LogP contribution in [-0.2, 0) is 19.1 Å². The number of carboxylic acids is 1. The quantitative estimate of drug-likeness (QED) is 0.723. The van der Waals surface area contributed by atoms with Gasteiger partial charge < -0.3 is 19.5 Å². The molecule has 0 atom stereocenters. The van der Waals surface area contributed by atoms with Gasteiger partial charge in [0.05, 0.1) is 6.42 Å². The second-order valence-electron chi connectivity index (χ2n) is 3.88. The first-order valence-corrected chi connectivity index (χ1v) is 5.12. The van der Waals surface area contributed by atoms with Gasteiger partial charge in [-0.05, 0) is 0 Å². The van der Waals surface area contributed by atoms with Crippen LogP contribution in [0.3, 0.4) is 0 Å². The first kappa shape index (κ1) is 10.8. The van der Waals surface area contributed by atoms with Crippen LogP contribution < -0.4 is 0 Å². The van der Waals surface area contributed by atoms with Crippen molar-refractivity contribution < 1.29 is 24.2 Å². The zero-order valence-corrected chi connectivity index (χ0v) is 8.72. The zero-order chi connectivity index (χ0) is 11.5. The van der Waals surface area contributed by atoms with Crippen LogP contribution in [0.25, 0.3) is 0 Å². The van der Waals surface area contributed by atoms with E-state index in [9.17, 15) is 9.59 Å². The summed E-state index contributed by atoms with van der Waals surface area (Å²) in [6, 6.07) is 0. The smallest absolute Gasteiger partial charge is 0.303 e. The fraction of sp³-hybridized carbons (Fsp3) is 0.600. The molecule has 0 aromatic heterocycles. The minimum atomic E-state index is -0.825. The van der Waals surface area contributed by atoms with E-state index >= 15 is 0 Å². The number of hydrogen-bond acceptors (Lipinski definition) is 4. The van der Waals surface area contributed by atoms with Crippen LogP contribution in [0, 0.1) is 5.92 Å². The normalized spacial score (nSPS) is 20.2. The van der Waals surface area contributed by atoms with Crippen LogP contribution in [0.15, 0.2) is 12.0 Å². The molecule has 2 aliphatic heterocycles. The lowest BCUT2D eigenvalue weighted by atomic mass is 9.96. The molecule has 2 aliphatic rings. The number of carbonyl (C=O) groups excluding carboxylic acids is 1. The highest BCUT2D eigenvalue weighted by Gasteiger charge is 2.34. The van der Waals surface area contributed by atoms with Gasteiger partial charge in [-0.2, -0.15) is 0 Å². The average Bonchev–Trinajstić information content (AvgIpc) is 2.23. The number of rotatable bonds is 3. The standard InChI is InChI=1S/C10H13NO5/c12-9(13)3-7-4-11(5-7)10(14)8-6-15-1-2-16-8/h6-7H,1-5H2,(H,12,13). The molecule has 2 heterocycles. The number of likely N-dealkylation sites (tertiary alicyclic amines) is 1. The molecule has 1 N–H and O–H groups in total. The van der Waals surface area contributed by atoms with Crippen LogP contribution >= 0.6 is 0 Å². The lowest BCUT2D eigenvalue weighted by Gasteiger charge is -2.38. The fourth-order valence-corrected chi connectivity index (χ4v) is 1.75. The third kappa shape index (κ3) is 2.26. The van der Waals surface area contributed by atoms with Crippen molar-refractivity contribution in [3.8, 4) is 0 Å². The van der Waals surface area contributed by atoms with Gasteiger partial charge in [-0.1, -0.05) is 0 Å². The number of amides is 1. The van der Waals surface area contributed by atoms with E-state index in [1.165, 1.54) is 6.26 Å². The molecule has 0 spiro atoms. The third-order valence-electron chi connectivity index (χ3n) is 2.57. The maximum atomic E-state index is 11.7. The number of carbonyl (C=O) groups is 2. The largest absolute Gasteiger partial charge is 0.494 e. The van der Waals surface area contributed by atoms with E-state index in [1.54, 1.807) is 4.90 Å². The van der Waals surface area contributed by atoms with Crippen LogP contribution in [0.4, 0.5) is 0 Å². The number of ether oxygens (including phenoxy) is 2. The number of hydrogen-bond donors (Lipinski definition) is 1. The van der Waals surface area contributed by atoms with Gasteiger partial charge in [-0.25, -0.2) is 0 Å². The van der Waals surface area contributed by atoms with Gasteiger partial charge in [-0.15, -0.1) is 0 Å². The number of carboxylic acid groups (broad SMARTS) is 1. The van der Waals surface area contributed by atoms with Crippen LogP contribution in [0.1, 0.15) is 6.42 Å². The van der Waals surface area contributed by atoms with Gasteiger partial charge in [0.1, 0.15) is 19.5 Å². The van der Waals surface area contributed by atoms with Gasteiger partial charge in [0.25, 0.3) is 5.91 Å². The SMILES string of the molecule is O=C(O)CC1CN(C(=O)C2=COCCO2)C1. The molecule has 6 nitrogen and oxygen atoms in total. The van der Waals surface area contributed by atoms with E-state index in [1.807, 2.05) is 0 Å². The summed E-state index contributed by atoms with van der Waals surface area (Å²) in [4.78, 5) is 23.7. The molecule has 0 aromatic carbocycles. The van der Waals surface area contributed by atoms with E-state index in [0.29, 0.717) is 26.3 Å². The predicted octanol–water partition coefficient (Wildman–Crippen LogP) is -0.192. The Kier molecular flexibility index (Phi) is 2.98. The van der Waals surface area contributed by atoms with Crippen molar-refractivity contribution in [3.63, 3.8) is 0 Å². The molecule has 16 heavy (non-hydrogen) atoms. The van der Waals surface area contributed by atoms with Crippen molar-refractivity contribution in [3.05, 3.63) is 12.0 Å². The van der Waals surface area contributed by atoms with Gasteiger partial charge >= 0.3 is 5.97 Å². The van der Waals surface area contributed by atoms with Gasteiger partial charge in [0, 0.05) is 19.0 Å². The first-order valence-electron chi connectivity index (χ1n) is 5.12. The molecule has 1 amide bonds. The predicted molar refractivity (Wildman–Crippen MR) is 52.3 cm³/mol. The van der Waals surface area contributed by atoms with Crippen LogP contribution in [-0.4, -0.2) is 48.2 Å². The van der Waals surface area contributed by atoms with Crippen molar-refractivity contribution in [2.24, 2.45) is 5.92 Å². The van der Waals surface area contributed by atoms with Gasteiger partial charge in [0.2, 0.25) is 5.76 Å². The second kappa shape index (κ2) is 4.42. The molecular formula is C10H13NO5. The van der Waals surface area contributed by atoms with E-state index < -0.39 is 5.97 Å². The Balaban J connectivity index is 1.80. The Hall–Kier alpha value is -1.72. The lowest BCUT2D eigenvalue weighted by Crippen LogP contribution is -2.51. The summed E-state index contributed by atoms with van der Waals surface area (Å²) in [6.07, 6.45) is 1.43. The van der Waals surface area contributed by atoms with E-state index in [2.05, 4.69) is 0 Å². The summed E-state index contributed by atoms with van der Waals surface area (Å²) >= 11 is 0. The molecule has 0 bridgehead atoms. The highest BCUT2D eigenvalue weighted by molar-refractivity contribution is 5.92. The number of aliphatic carboxylic acids is 1. The zero-order valence-electron chi connectivity index (χ0n) is 8.72. The molecule has 1 saturated heterocycles. The summed E-state index contributed by atoms with van der Waals surface area (Å²) in [6.45, 7) is 1.79. The van der Waals surface area contributed by atoms with E-state index in [0.717, 1.165) is 0 Å². The Bertz CT molecular complexity index is 332. The van der Waals surface area contributed by atoms with E-state index in [-0.39, 0.29) is 24.0 Å². The molecule has 6 heteroatoms. The molecule has 0 unspecified atom stereocenters. The minimum Gasteiger partial charge on any atom is -0.494 e. The van der Waals surface area contributed by atoms with Gasteiger partial charge in [0.15, 0.2) is 0 Å². The Morgan fingerprint density at radius 2 is 2.19 bits per heavy atom. The van der Waals surface area contributed by atoms with Crippen LogP contribution in [0.2, 0.25) is 0 Å². The number of nitrogens with zero attached hydrogens (tertiary/aromatic N) is 1. The summed E-state index contributed by atoms with van der Waals surface area (Å²) in [5, 5.41) is 8.56. The highest BCUT2D eigenvalue weighted by Crippen LogP contribution is 2.22. The Morgan fingerprint density at radius 3 is 2.75 bits per heavy atom. The molecule has 0 aromatic rings. The van der Waals surface area contributed by atoms with Crippen molar-refractivity contribution in [2.45, 2.75) is 6.42 Å². The van der Waals surface area contributed by atoms with Crippen LogP contribution in [0.5, 0.6) is 0 Å². The summed E-state index contributed by atoms with van der Waals surface area (Å²) in [5.41, 5.74) is 0. The van der Waals surface area contributed by atoms with Gasteiger partial charge in [-0.3, -0.25) is 9.59 Å². The average molecular weight is 227 g/mol. The summed E-state index contributed by atoms with van der Waals surface area (Å²) in [7, 11) is 0. The van der Waals surface area contributed by atoms with Crippen molar-refractivity contribution in [2.75, 3.05) is 26.3 Å². The van der Waals surface area contributed by atoms with Crippen molar-refractivity contribution in [1.29, 1.82) is 0 Å². The molecule has 88 valence electrons. The second-order valence-corrected chi connectivity index (χ2v) is 3.88. The maximum absolute atomic E-state index is 11.7. The van der Waals surface area contributed by atoms with Crippen molar-refractivity contribution in [1.82, 2.24) is 4.90 Å². The molecule has 0 aliphatic carbocycles. The molecule has 0 saturated carbocycles. The molecule has 0 radical (unpaired) electrons. The summed E-state index contributed by atoms with van der Waals surface area (Å²) in [5.74, 6) is -0.776. The minimum absolute atomic E-state index is 0.0616. The molecular weight excluding hydrogens is 214 g/mol. The third-order valence-corrected chi connectivity index (χ3v) is 2.57. The summed E-state index contributed by atoms with van der Waals surface area (Å²) < 4.78 is 10.1. The fourth-order valence-electron chi connectivity index (χ4n) is 1.75. The Labute approximate surface area is 92.4 Å². The first-order chi connectivity index (χ1) is 7.66. The highest BCUT2D eigenvalue weighted by atomic mass is 16.6. The maximum Gasteiger partial charge on any atom is 0.303 e. The Morgan fingerprint density at radius 1 is 1.44 bits per heavy atom.